The summed E-state index contributed by atoms with van der Waals surface area (Å²) in [5, 5.41) is 3.08. The average molecular weight is 568 g/mol. The number of allylic oxidation sites excluding steroid dienone is 1. The third-order valence-electron chi connectivity index (χ3n) is 5.37. The lowest BCUT2D eigenvalue weighted by molar-refractivity contribution is -0.113. The van der Waals surface area contributed by atoms with Gasteiger partial charge in [-0.05, 0) is 73.0 Å². The number of hydrogen-bond acceptors (Lipinski definition) is 4. The average Bonchev–Trinajstić information content (AvgIpc) is 3.12. The molecule has 0 atom stereocenters. The Morgan fingerprint density at radius 1 is 1.08 bits per heavy atom. The lowest BCUT2D eigenvalue weighted by Crippen LogP contribution is -2.30. The van der Waals surface area contributed by atoms with Gasteiger partial charge in [0, 0.05) is 15.1 Å². The van der Waals surface area contributed by atoms with Crippen LogP contribution in [0.15, 0.2) is 83.5 Å². The highest BCUT2D eigenvalue weighted by Crippen LogP contribution is 2.36. The van der Waals surface area contributed by atoms with Gasteiger partial charge in [0.05, 0.1) is 12.3 Å². The van der Waals surface area contributed by atoms with Crippen molar-refractivity contribution in [2.75, 3.05) is 11.5 Å². The Labute approximate surface area is 223 Å². The Balaban J connectivity index is 1.66. The standard InChI is InChI=1S/C28H24BrClN2O4/c1-3-6-20-13-19(14-24-27(33)32(28(34)31-24)23-8-5-7-22(30)16-23)15-25(35-4-2)26(20)36-17-18-9-11-21(29)12-10-18/h3,5,7-16H,1,4,6,17H2,2H3,(H,31,34)/b24-14+. The fraction of sp³-hybridized carbons (Fsp3) is 0.143. The van der Waals surface area contributed by atoms with Crippen LogP contribution in [0.4, 0.5) is 10.5 Å². The van der Waals surface area contributed by atoms with Crippen LogP contribution < -0.4 is 19.7 Å². The van der Waals surface area contributed by atoms with E-state index in [4.69, 9.17) is 21.1 Å². The predicted molar refractivity (Wildman–Crippen MR) is 145 cm³/mol. The van der Waals surface area contributed by atoms with Crippen LogP contribution >= 0.6 is 27.5 Å². The van der Waals surface area contributed by atoms with E-state index in [0.717, 1.165) is 20.5 Å². The number of rotatable bonds is 9. The van der Waals surface area contributed by atoms with Crippen LogP contribution in [0, 0.1) is 0 Å². The lowest BCUT2D eigenvalue weighted by Gasteiger charge is -2.17. The SMILES string of the molecule is C=CCc1cc(/C=C2/NC(=O)N(c3cccc(Cl)c3)C2=O)cc(OCC)c1OCc1ccc(Br)cc1. The first-order chi connectivity index (χ1) is 17.4. The van der Waals surface area contributed by atoms with Crippen molar-refractivity contribution in [1.29, 1.82) is 0 Å². The van der Waals surface area contributed by atoms with Crippen LogP contribution in [-0.4, -0.2) is 18.5 Å². The van der Waals surface area contributed by atoms with Gasteiger partial charge in [-0.15, -0.1) is 6.58 Å². The minimum Gasteiger partial charge on any atom is -0.490 e. The van der Waals surface area contributed by atoms with E-state index in [1.807, 2.05) is 37.3 Å². The van der Waals surface area contributed by atoms with Crippen molar-refractivity contribution in [3.8, 4) is 11.5 Å². The number of imide groups is 1. The maximum absolute atomic E-state index is 13.1. The van der Waals surface area contributed by atoms with Crippen LogP contribution in [0.3, 0.4) is 0 Å². The molecule has 8 heteroatoms. The highest BCUT2D eigenvalue weighted by atomic mass is 79.9. The number of halogens is 2. The van der Waals surface area contributed by atoms with Crippen LogP contribution in [0.2, 0.25) is 5.02 Å². The second kappa shape index (κ2) is 11.5. The summed E-state index contributed by atoms with van der Waals surface area (Å²) in [6.07, 6.45) is 3.93. The molecule has 0 radical (unpaired) electrons. The van der Waals surface area contributed by atoms with Crippen LogP contribution in [-0.2, 0) is 17.8 Å². The zero-order valence-electron chi connectivity index (χ0n) is 19.6. The van der Waals surface area contributed by atoms with E-state index in [2.05, 4.69) is 27.8 Å². The zero-order chi connectivity index (χ0) is 25.7. The van der Waals surface area contributed by atoms with E-state index < -0.39 is 11.9 Å². The molecule has 1 aliphatic heterocycles. The number of carbonyl (C=O) groups is 2. The topological polar surface area (TPSA) is 67.9 Å². The number of urea groups is 1. The highest BCUT2D eigenvalue weighted by molar-refractivity contribution is 9.10. The van der Waals surface area contributed by atoms with Gasteiger partial charge in [0.2, 0.25) is 0 Å². The molecular weight excluding hydrogens is 544 g/mol. The maximum atomic E-state index is 13.1. The van der Waals surface area contributed by atoms with Crippen molar-refractivity contribution in [2.24, 2.45) is 0 Å². The molecule has 6 nitrogen and oxygen atoms in total. The minimum absolute atomic E-state index is 0.149. The molecule has 1 aliphatic rings. The quantitative estimate of drug-likeness (QED) is 0.173. The molecule has 0 saturated carbocycles. The summed E-state index contributed by atoms with van der Waals surface area (Å²) in [5.41, 5.74) is 3.09. The van der Waals surface area contributed by atoms with E-state index in [1.165, 1.54) is 0 Å². The predicted octanol–water partition coefficient (Wildman–Crippen LogP) is 6.91. The van der Waals surface area contributed by atoms with Crippen LogP contribution in [0.1, 0.15) is 23.6 Å². The Hall–Kier alpha value is -3.55. The van der Waals surface area contributed by atoms with Crippen LogP contribution in [0.25, 0.3) is 6.08 Å². The Morgan fingerprint density at radius 2 is 1.86 bits per heavy atom. The molecule has 1 N–H and O–H groups in total. The molecule has 3 aromatic carbocycles. The summed E-state index contributed by atoms with van der Waals surface area (Å²) in [6, 6.07) is 17.6. The molecule has 0 unspecified atom stereocenters. The molecule has 3 amide bonds. The lowest BCUT2D eigenvalue weighted by atomic mass is 10.0. The highest BCUT2D eigenvalue weighted by Gasteiger charge is 2.35. The van der Waals surface area contributed by atoms with Crippen molar-refractivity contribution < 1.29 is 19.1 Å². The number of hydrogen-bond donors (Lipinski definition) is 1. The van der Waals surface area contributed by atoms with E-state index in [-0.39, 0.29) is 5.70 Å². The van der Waals surface area contributed by atoms with Gasteiger partial charge in [0.15, 0.2) is 11.5 Å². The monoisotopic (exact) mass is 566 g/mol. The molecule has 1 saturated heterocycles. The first kappa shape index (κ1) is 25.5. The van der Waals surface area contributed by atoms with Crippen molar-refractivity contribution in [1.82, 2.24) is 5.32 Å². The number of nitrogens with zero attached hydrogens (tertiary/aromatic N) is 1. The second-order valence-electron chi connectivity index (χ2n) is 7.96. The maximum Gasteiger partial charge on any atom is 0.333 e. The Bertz CT molecular complexity index is 1340. The summed E-state index contributed by atoms with van der Waals surface area (Å²) in [6.45, 7) is 6.54. The molecule has 0 spiro atoms. The molecule has 0 bridgehead atoms. The first-order valence-corrected chi connectivity index (χ1v) is 12.5. The number of nitrogens with one attached hydrogen (secondary N) is 1. The zero-order valence-corrected chi connectivity index (χ0v) is 21.9. The van der Waals surface area contributed by atoms with E-state index in [0.29, 0.717) is 47.4 Å². The fourth-order valence-electron chi connectivity index (χ4n) is 3.79. The summed E-state index contributed by atoms with van der Waals surface area (Å²) in [5.74, 6) is 0.689. The molecule has 0 aromatic heterocycles. The fourth-order valence-corrected chi connectivity index (χ4v) is 4.24. The molecule has 3 aromatic rings. The van der Waals surface area contributed by atoms with Gasteiger partial charge in [-0.25, -0.2) is 9.69 Å². The number of ether oxygens (including phenoxy) is 2. The molecule has 4 rings (SSSR count). The third kappa shape index (κ3) is 5.80. The van der Waals surface area contributed by atoms with Gasteiger partial charge in [-0.1, -0.05) is 51.8 Å². The van der Waals surface area contributed by atoms with Gasteiger partial charge in [-0.3, -0.25) is 4.79 Å². The van der Waals surface area contributed by atoms with Gasteiger partial charge < -0.3 is 14.8 Å². The number of amides is 3. The summed E-state index contributed by atoms with van der Waals surface area (Å²) >= 11 is 9.49. The summed E-state index contributed by atoms with van der Waals surface area (Å²) in [4.78, 5) is 26.7. The van der Waals surface area contributed by atoms with Crippen molar-refractivity contribution in [2.45, 2.75) is 20.0 Å². The van der Waals surface area contributed by atoms with Gasteiger partial charge in [-0.2, -0.15) is 0 Å². The van der Waals surface area contributed by atoms with Crippen LogP contribution in [0.5, 0.6) is 11.5 Å². The molecule has 36 heavy (non-hydrogen) atoms. The number of carbonyl (C=O) groups excluding carboxylic acids is 2. The number of benzene rings is 3. The summed E-state index contributed by atoms with van der Waals surface area (Å²) < 4.78 is 13.1. The Morgan fingerprint density at radius 3 is 2.56 bits per heavy atom. The minimum atomic E-state index is -0.542. The molecular formula is C28H24BrClN2O4. The van der Waals surface area contributed by atoms with E-state index in [1.54, 1.807) is 42.5 Å². The molecule has 1 fully saturated rings. The molecule has 1 heterocycles. The van der Waals surface area contributed by atoms with E-state index >= 15 is 0 Å². The second-order valence-corrected chi connectivity index (χ2v) is 9.31. The smallest absolute Gasteiger partial charge is 0.333 e. The number of anilines is 1. The van der Waals surface area contributed by atoms with Gasteiger partial charge in [0.25, 0.3) is 5.91 Å². The van der Waals surface area contributed by atoms with Gasteiger partial charge >= 0.3 is 6.03 Å². The van der Waals surface area contributed by atoms with E-state index in [9.17, 15) is 9.59 Å². The first-order valence-electron chi connectivity index (χ1n) is 11.3. The molecule has 184 valence electrons. The largest absolute Gasteiger partial charge is 0.490 e. The van der Waals surface area contributed by atoms with Crippen molar-refractivity contribution >= 4 is 51.2 Å². The molecule has 0 aliphatic carbocycles. The third-order valence-corrected chi connectivity index (χ3v) is 6.13. The normalized spacial score (nSPS) is 14.2. The van der Waals surface area contributed by atoms with Gasteiger partial charge in [0.1, 0.15) is 12.3 Å². The Kier molecular flexibility index (Phi) is 8.13. The van der Waals surface area contributed by atoms with Crippen molar-refractivity contribution in [3.05, 3.63) is 105 Å². The summed E-state index contributed by atoms with van der Waals surface area (Å²) in [7, 11) is 0. The van der Waals surface area contributed by atoms with Crippen molar-refractivity contribution in [3.63, 3.8) is 0 Å².